The molecule has 0 aliphatic rings. The molecule has 1 unspecified atom stereocenters. The van der Waals surface area contributed by atoms with E-state index in [1.165, 1.54) is 14.0 Å². The maximum absolute atomic E-state index is 11.9. The van der Waals surface area contributed by atoms with Gasteiger partial charge in [0.15, 0.2) is 6.61 Å². The molecule has 0 aromatic heterocycles. The highest BCUT2D eigenvalue weighted by atomic mass is 16.5. The largest absolute Gasteiger partial charge is 0.483 e. The molecule has 0 heterocycles. The Morgan fingerprint density at radius 1 is 1.19 bits per heavy atom. The van der Waals surface area contributed by atoms with Crippen molar-refractivity contribution in [3.05, 3.63) is 42.5 Å². The first-order chi connectivity index (χ1) is 10.0. The maximum Gasteiger partial charge on any atom is 0.326 e. The molecule has 2 rings (SSSR count). The van der Waals surface area contributed by atoms with Crippen LogP contribution in [0.25, 0.3) is 10.8 Å². The van der Waals surface area contributed by atoms with Gasteiger partial charge in [-0.15, -0.1) is 0 Å². The summed E-state index contributed by atoms with van der Waals surface area (Å²) in [5.41, 5.74) is 0. The number of rotatable bonds is 5. The highest BCUT2D eigenvalue weighted by Crippen LogP contribution is 2.25. The summed E-state index contributed by atoms with van der Waals surface area (Å²) in [5, 5.41) is 10.8. The van der Waals surface area contributed by atoms with E-state index in [4.69, 9.17) is 9.84 Å². The summed E-state index contributed by atoms with van der Waals surface area (Å²) < 4.78 is 5.55. The SMILES string of the molecule is CC(C(=O)O)N(C)C(=O)COc1cccc2ccccc12. The zero-order chi connectivity index (χ0) is 15.4. The lowest BCUT2D eigenvalue weighted by Gasteiger charge is -2.21. The maximum atomic E-state index is 11.9. The molecule has 1 N–H and O–H groups in total. The monoisotopic (exact) mass is 287 g/mol. The normalized spacial score (nSPS) is 11.9. The minimum atomic E-state index is -1.05. The third-order valence-corrected chi connectivity index (χ3v) is 3.43. The number of amides is 1. The van der Waals surface area contributed by atoms with E-state index in [-0.39, 0.29) is 12.5 Å². The topological polar surface area (TPSA) is 66.8 Å². The summed E-state index contributed by atoms with van der Waals surface area (Å²) in [4.78, 5) is 24.0. The number of hydrogen-bond acceptors (Lipinski definition) is 3. The molecule has 0 bridgehead atoms. The molecule has 0 spiro atoms. The van der Waals surface area contributed by atoms with Gasteiger partial charge in [0, 0.05) is 12.4 Å². The summed E-state index contributed by atoms with van der Waals surface area (Å²) in [6.07, 6.45) is 0. The average Bonchev–Trinajstić information content (AvgIpc) is 2.50. The molecule has 0 fully saturated rings. The molecule has 0 aliphatic heterocycles. The summed E-state index contributed by atoms with van der Waals surface area (Å²) >= 11 is 0. The van der Waals surface area contributed by atoms with Gasteiger partial charge in [0.2, 0.25) is 0 Å². The average molecular weight is 287 g/mol. The van der Waals surface area contributed by atoms with Crippen LogP contribution in [-0.2, 0) is 9.59 Å². The minimum absolute atomic E-state index is 0.192. The Balaban J connectivity index is 2.08. The highest BCUT2D eigenvalue weighted by Gasteiger charge is 2.21. The number of ether oxygens (including phenoxy) is 1. The summed E-state index contributed by atoms with van der Waals surface area (Å²) in [6.45, 7) is 1.26. The van der Waals surface area contributed by atoms with Crippen molar-refractivity contribution in [2.75, 3.05) is 13.7 Å². The van der Waals surface area contributed by atoms with Gasteiger partial charge in [-0.3, -0.25) is 4.79 Å². The van der Waals surface area contributed by atoms with Crippen LogP contribution >= 0.6 is 0 Å². The molecule has 0 radical (unpaired) electrons. The van der Waals surface area contributed by atoms with Gasteiger partial charge >= 0.3 is 5.97 Å². The summed E-state index contributed by atoms with van der Waals surface area (Å²) in [7, 11) is 1.45. The van der Waals surface area contributed by atoms with Crippen molar-refractivity contribution in [1.29, 1.82) is 0 Å². The number of likely N-dealkylation sites (N-methyl/N-ethyl adjacent to an activating group) is 1. The fraction of sp³-hybridized carbons (Fsp3) is 0.250. The molecule has 1 atom stereocenters. The van der Waals surface area contributed by atoms with Crippen LogP contribution in [0.3, 0.4) is 0 Å². The third-order valence-electron chi connectivity index (χ3n) is 3.43. The first-order valence-electron chi connectivity index (χ1n) is 6.59. The molecule has 2 aromatic carbocycles. The van der Waals surface area contributed by atoms with Crippen molar-refractivity contribution in [2.45, 2.75) is 13.0 Å². The van der Waals surface area contributed by atoms with Crippen LogP contribution in [0.1, 0.15) is 6.92 Å². The number of carbonyl (C=O) groups is 2. The molecule has 2 aromatic rings. The van der Waals surface area contributed by atoms with Crippen LogP contribution in [-0.4, -0.2) is 41.6 Å². The molecule has 21 heavy (non-hydrogen) atoms. The smallest absolute Gasteiger partial charge is 0.326 e. The van der Waals surface area contributed by atoms with E-state index in [0.717, 1.165) is 15.7 Å². The second-order valence-electron chi connectivity index (χ2n) is 4.78. The predicted octanol–water partition coefficient (Wildman–Crippen LogP) is 2.15. The quantitative estimate of drug-likeness (QED) is 0.915. The van der Waals surface area contributed by atoms with Gasteiger partial charge in [-0.25, -0.2) is 4.79 Å². The molecule has 0 saturated carbocycles. The summed E-state index contributed by atoms with van der Waals surface area (Å²) in [5.74, 6) is -0.813. The first kappa shape index (κ1) is 14.8. The fourth-order valence-corrected chi connectivity index (χ4v) is 1.94. The number of aliphatic carboxylic acids is 1. The zero-order valence-corrected chi connectivity index (χ0v) is 11.9. The number of fused-ring (bicyclic) bond motifs is 1. The van der Waals surface area contributed by atoms with Crippen LogP contribution < -0.4 is 4.74 Å². The molecule has 5 heteroatoms. The Bertz CT molecular complexity index is 663. The Labute approximate surface area is 122 Å². The molecular formula is C16H17NO4. The summed E-state index contributed by atoms with van der Waals surface area (Å²) in [6, 6.07) is 12.4. The van der Waals surface area contributed by atoms with Crippen LogP contribution in [0.4, 0.5) is 0 Å². The lowest BCUT2D eigenvalue weighted by Crippen LogP contribution is -2.42. The molecular weight excluding hydrogens is 270 g/mol. The van der Waals surface area contributed by atoms with Crippen LogP contribution in [0.2, 0.25) is 0 Å². The van der Waals surface area contributed by atoms with Crippen molar-refractivity contribution in [2.24, 2.45) is 0 Å². The molecule has 1 amide bonds. The number of carbonyl (C=O) groups excluding carboxylic acids is 1. The van der Waals surface area contributed by atoms with Crippen LogP contribution in [0.5, 0.6) is 5.75 Å². The lowest BCUT2D eigenvalue weighted by atomic mass is 10.1. The van der Waals surface area contributed by atoms with E-state index in [2.05, 4.69) is 0 Å². The second kappa shape index (κ2) is 6.26. The van der Waals surface area contributed by atoms with Gasteiger partial charge in [-0.1, -0.05) is 36.4 Å². The van der Waals surface area contributed by atoms with Gasteiger partial charge in [-0.2, -0.15) is 0 Å². The van der Waals surface area contributed by atoms with Crippen LogP contribution in [0.15, 0.2) is 42.5 Å². The van der Waals surface area contributed by atoms with Gasteiger partial charge in [0.05, 0.1) is 0 Å². The van der Waals surface area contributed by atoms with Crippen LogP contribution in [0, 0.1) is 0 Å². The van der Waals surface area contributed by atoms with Crippen molar-refractivity contribution in [3.63, 3.8) is 0 Å². The Morgan fingerprint density at radius 3 is 2.57 bits per heavy atom. The van der Waals surface area contributed by atoms with Gasteiger partial charge in [-0.05, 0) is 18.4 Å². The molecule has 5 nitrogen and oxygen atoms in total. The van der Waals surface area contributed by atoms with Gasteiger partial charge in [0.25, 0.3) is 5.91 Å². The molecule has 110 valence electrons. The number of carboxylic acids is 1. The molecule has 0 aliphatic carbocycles. The number of nitrogens with zero attached hydrogens (tertiary/aromatic N) is 1. The Kier molecular flexibility index (Phi) is 4.42. The van der Waals surface area contributed by atoms with E-state index in [1.54, 1.807) is 6.07 Å². The van der Waals surface area contributed by atoms with E-state index >= 15 is 0 Å². The molecule has 0 saturated heterocycles. The van der Waals surface area contributed by atoms with Gasteiger partial charge in [0.1, 0.15) is 11.8 Å². The minimum Gasteiger partial charge on any atom is -0.483 e. The van der Waals surface area contributed by atoms with E-state index in [9.17, 15) is 9.59 Å². The Morgan fingerprint density at radius 2 is 1.86 bits per heavy atom. The van der Waals surface area contributed by atoms with Crippen molar-refractivity contribution >= 4 is 22.6 Å². The number of carboxylic acid groups (broad SMARTS) is 1. The van der Waals surface area contributed by atoms with Crippen molar-refractivity contribution in [3.8, 4) is 5.75 Å². The fourth-order valence-electron chi connectivity index (χ4n) is 1.94. The van der Waals surface area contributed by atoms with Crippen molar-refractivity contribution in [1.82, 2.24) is 4.90 Å². The highest BCUT2D eigenvalue weighted by molar-refractivity contribution is 5.89. The first-order valence-corrected chi connectivity index (χ1v) is 6.59. The van der Waals surface area contributed by atoms with E-state index in [0.29, 0.717) is 5.75 Å². The standard InChI is InChI=1S/C16H17NO4/c1-11(16(19)20)17(2)15(18)10-21-14-9-5-7-12-6-3-4-8-13(12)14/h3-9,11H,10H2,1-2H3,(H,19,20). The van der Waals surface area contributed by atoms with Gasteiger partial charge < -0.3 is 14.7 Å². The number of hydrogen-bond donors (Lipinski definition) is 1. The van der Waals surface area contributed by atoms with E-state index < -0.39 is 12.0 Å². The number of benzene rings is 2. The predicted molar refractivity (Wildman–Crippen MR) is 79.3 cm³/mol. The Hall–Kier alpha value is -2.56. The second-order valence-corrected chi connectivity index (χ2v) is 4.78. The lowest BCUT2D eigenvalue weighted by molar-refractivity contribution is -0.148. The van der Waals surface area contributed by atoms with Crippen molar-refractivity contribution < 1.29 is 19.4 Å². The third kappa shape index (κ3) is 3.31. The zero-order valence-electron chi connectivity index (χ0n) is 11.9. The van der Waals surface area contributed by atoms with E-state index in [1.807, 2.05) is 36.4 Å².